The van der Waals surface area contributed by atoms with Crippen molar-refractivity contribution in [1.82, 2.24) is 4.90 Å². The second-order valence-corrected chi connectivity index (χ2v) is 9.60. The van der Waals surface area contributed by atoms with Gasteiger partial charge in [0.25, 0.3) is 0 Å². The molecule has 0 fully saturated rings. The van der Waals surface area contributed by atoms with Gasteiger partial charge >= 0.3 is 0 Å². The van der Waals surface area contributed by atoms with E-state index < -0.39 is 0 Å². The number of likely N-dealkylation sites (N-methyl/N-ethyl adjacent to an activating group) is 1. The van der Waals surface area contributed by atoms with Gasteiger partial charge in [0.1, 0.15) is 28.9 Å². The number of para-hydroxylation sites is 2. The lowest BCUT2D eigenvalue weighted by Crippen LogP contribution is -2.36. The van der Waals surface area contributed by atoms with Crippen molar-refractivity contribution in [2.24, 2.45) is 5.73 Å². The van der Waals surface area contributed by atoms with Crippen molar-refractivity contribution in [2.45, 2.75) is 45.4 Å². The van der Waals surface area contributed by atoms with E-state index in [0.717, 1.165) is 65.2 Å². The van der Waals surface area contributed by atoms with Crippen LogP contribution in [0.15, 0.2) is 76.9 Å². The third-order valence-electron chi connectivity index (χ3n) is 6.69. The first-order valence-corrected chi connectivity index (χ1v) is 13.2. The minimum Gasteiger partial charge on any atom is -0.493 e. The number of allylic oxidation sites excluding steroid dienone is 1. The van der Waals surface area contributed by atoms with Crippen LogP contribution < -0.4 is 15.2 Å². The fourth-order valence-electron chi connectivity index (χ4n) is 4.82. The van der Waals surface area contributed by atoms with Gasteiger partial charge in [-0.25, -0.2) is 0 Å². The maximum Gasteiger partial charge on any atom is 0.205 e. The maximum absolute atomic E-state index is 10.1. The van der Waals surface area contributed by atoms with Gasteiger partial charge in [-0.05, 0) is 43.7 Å². The summed E-state index contributed by atoms with van der Waals surface area (Å²) in [5.74, 6) is 2.18. The van der Waals surface area contributed by atoms with Crippen LogP contribution in [0.4, 0.5) is 0 Å². The molecule has 2 aromatic carbocycles. The van der Waals surface area contributed by atoms with Gasteiger partial charge in [-0.3, -0.25) is 4.90 Å². The fourth-order valence-corrected chi connectivity index (χ4v) is 4.82. The zero-order valence-corrected chi connectivity index (χ0v) is 22.1. The Hall–Kier alpha value is -3.69. The number of hydrogen-bond donors (Lipinski definition) is 1. The molecule has 0 saturated heterocycles. The second kappa shape index (κ2) is 12.5. The highest BCUT2D eigenvalue weighted by atomic mass is 16.5. The lowest BCUT2D eigenvalue weighted by atomic mass is 9.80. The van der Waals surface area contributed by atoms with E-state index in [4.69, 9.17) is 19.9 Å². The van der Waals surface area contributed by atoms with Crippen molar-refractivity contribution in [3.63, 3.8) is 0 Å². The van der Waals surface area contributed by atoms with Crippen LogP contribution in [0.2, 0.25) is 0 Å². The fraction of sp³-hybridized carbons (Fsp3) is 0.387. The zero-order chi connectivity index (χ0) is 26.2. The summed E-state index contributed by atoms with van der Waals surface area (Å²) in [5.41, 5.74) is 10.8. The molecule has 0 radical (unpaired) electrons. The Labute approximate surface area is 220 Å². The number of nitriles is 1. The highest BCUT2D eigenvalue weighted by Gasteiger charge is 2.38. The molecule has 2 aromatic rings. The average molecular weight is 500 g/mol. The molecule has 0 aromatic heterocycles. The molecular weight excluding hydrogens is 462 g/mol. The Morgan fingerprint density at radius 1 is 1.00 bits per heavy atom. The minimum absolute atomic E-state index is 0.151. The predicted molar refractivity (Wildman–Crippen MR) is 147 cm³/mol. The normalized spacial score (nSPS) is 18.9. The lowest BCUT2D eigenvalue weighted by molar-refractivity contribution is 0.249. The Kier molecular flexibility index (Phi) is 8.92. The van der Waals surface area contributed by atoms with Crippen LogP contribution in [0.25, 0.3) is 6.08 Å². The number of benzene rings is 2. The standard InChI is InChI=1S/C31H37N3O3/c1-4-6-16-35-27-14-10-8-12-22(27)18-23-20-34(3)21-26-29(25(19-32)31(33)37-30(23)26)24-13-9-11-15-28(24)36-17-7-5-2/h8-15,18,29H,4-7,16-17,20-21,33H2,1-3H3/b23-18+. The predicted octanol–water partition coefficient (Wildman–Crippen LogP) is 6.14. The summed E-state index contributed by atoms with van der Waals surface area (Å²) >= 11 is 0. The molecule has 37 heavy (non-hydrogen) atoms. The van der Waals surface area contributed by atoms with Crippen molar-refractivity contribution in [2.75, 3.05) is 33.4 Å². The Morgan fingerprint density at radius 2 is 1.65 bits per heavy atom. The third kappa shape index (κ3) is 6.00. The van der Waals surface area contributed by atoms with Crippen molar-refractivity contribution in [3.05, 3.63) is 88.0 Å². The summed E-state index contributed by atoms with van der Waals surface area (Å²) in [6, 6.07) is 18.3. The highest BCUT2D eigenvalue weighted by Crippen LogP contribution is 2.46. The first-order valence-electron chi connectivity index (χ1n) is 13.2. The van der Waals surface area contributed by atoms with Crippen molar-refractivity contribution >= 4 is 6.08 Å². The van der Waals surface area contributed by atoms with E-state index >= 15 is 0 Å². The molecule has 1 unspecified atom stereocenters. The molecule has 0 bridgehead atoms. The van der Waals surface area contributed by atoms with E-state index in [9.17, 15) is 5.26 Å². The summed E-state index contributed by atoms with van der Waals surface area (Å²) in [4.78, 5) is 2.23. The van der Waals surface area contributed by atoms with Gasteiger partial charge < -0.3 is 19.9 Å². The summed E-state index contributed by atoms with van der Waals surface area (Å²) in [7, 11) is 2.08. The quantitative estimate of drug-likeness (QED) is 0.396. The maximum atomic E-state index is 10.1. The van der Waals surface area contributed by atoms with Gasteiger partial charge in [-0.2, -0.15) is 5.26 Å². The number of rotatable bonds is 10. The Bertz CT molecular complexity index is 1240. The van der Waals surface area contributed by atoms with E-state index in [2.05, 4.69) is 44.0 Å². The van der Waals surface area contributed by atoms with Gasteiger partial charge in [0.05, 0.1) is 19.1 Å². The van der Waals surface area contributed by atoms with E-state index in [1.54, 1.807) is 0 Å². The Morgan fingerprint density at radius 3 is 2.35 bits per heavy atom. The second-order valence-electron chi connectivity index (χ2n) is 9.60. The SMILES string of the molecule is CCCCOc1ccccc1/C=C1\CN(C)CC2=C1OC(N)=C(C#N)C2c1ccccc1OCCCC. The van der Waals surface area contributed by atoms with Gasteiger partial charge in [-0.15, -0.1) is 0 Å². The molecule has 2 heterocycles. The first-order chi connectivity index (χ1) is 18.1. The van der Waals surface area contributed by atoms with Crippen LogP contribution in [-0.4, -0.2) is 38.3 Å². The van der Waals surface area contributed by atoms with Crippen LogP contribution in [0.1, 0.15) is 56.6 Å². The summed E-state index contributed by atoms with van der Waals surface area (Å²) in [6.45, 7) is 6.95. The van der Waals surface area contributed by atoms with Crippen LogP contribution >= 0.6 is 0 Å². The lowest BCUT2D eigenvalue weighted by Gasteiger charge is -2.37. The van der Waals surface area contributed by atoms with Crippen molar-refractivity contribution < 1.29 is 14.2 Å². The van der Waals surface area contributed by atoms with Crippen LogP contribution in [0, 0.1) is 11.3 Å². The van der Waals surface area contributed by atoms with Crippen LogP contribution in [0.5, 0.6) is 11.5 Å². The third-order valence-corrected chi connectivity index (χ3v) is 6.69. The van der Waals surface area contributed by atoms with Crippen molar-refractivity contribution in [1.29, 1.82) is 5.26 Å². The van der Waals surface area contributed by atoms with E-state index in [0.29, 0.717) is 31.9 Å². The molecule has 2 aliphatic rings. The summed E-state index contributed by atoms with van der Waals surface area (Å²) in [5, 5.41) is 10.1. The molecule has 0 amide bonds. The number of nitrogens with zero attached hydrogens (tertiary/aromatic N) is 2. The number of nitrogens with two attached hydrogens (primary N) is 1. The molecule has 2 aliphatic heterocycles. The topological polar surface area (TPSA) is 80.7 Å². The summed E-state index contributed by atoms with van der Waals surface area (Å²) in [6.07, 6.45) is 6.22. The molecule has 6 heteroatoms. The monoisotopic (exact) mass is 499 g/mol. The molecule has 0 aliphatic carbocycles. The van der Waals surface area contributed by atoms with Gasteiger partial charge in [0, 0.05) is 29.8 Å². The summed E-state index contributed by atoms with van der Waals surface area (Å²) < 4.78 is 18.4. The van der Waals surface area contributed by atoms with Crippen LogP contribution in [0.3, 0.4) is 0 Å². The largest absolute Gasteiger partial charge is 0.493 e. The molecule has 6 nitrogen and oxygen atoms in total. The molecule has 2 N–H and O–H groups in total. The van der Waals surface area contributed by atoms with Gasteiger partial charge in [-0.1, -0.05) is 63.1 Å². The molecule has 0 spiro atoms. The molecular formula is C31H37N3O3. The van der Waals surface area contributed by atoms with E-state index in [1.807, 2.05) is 42.5 Å². The minimum atomic E-state index is -0.339. The Balaban J connectivity index is 1.79. The van der Waals surface area contributed by atoms with E-state index in [-0.39, 0.29) is 11.8 Å². The van der Waals surface area contributed by atoms with Gasteiger partial charge in [0.15, 0.2) is 0 Å². The zero-order valence-electron chi connectivity index (χ0n) is 22.1. The number of ether oxygens (including phenoxy) is 3. The molecule has 1 atom stereocenters. The van der Waals surface area contributed by atoms with Gasteiger partial charge in [0.2, 0.25) is 5.88 Å². The smallest absolute Gasteiger partial charge is 0.205 e. The first kappa shape index (κ1) is 26.4. The number of hydrogen-bond acceptors (Lipinski definition) is 6. The molecule has 0 saturated carbocycles. The van der Waals surface area contributed by atoms with Crippen LogP contribution in [-0.2, 0) is 4.74 Å². The highest BCUT2D eigenvalue weighted by molar-refractivity contribution is 5.66. The molecule has 194 valence electrons. The molecule has 4 rings (SSSR count). The van der Waals surface area contributed by atoms with Crippen molar-refractivity contribution in [3.8, 4) is 17.6 Å². The number of unbranched alkanes of at least 4 members (excludes halogenated alkanes) is 2. The van der Waals surface area contributed by atoms with E-state index in [1.165, 1.54) is 0 Å². The average Bonchev–Trinajstić information content (AvgIpc) is 2.90.